The summed E-state index contributed by atoms with van der Waals surface area (Å²) in [4.78, 5) is 0. The van der Waals surface area contributed by atoms with Gasteiger partial charge in [-0.2, -0.15) is 0 Å². The number of hydrogen-bond donors (Lipinski definition) is 0. The van der Waals surface area contributed by atoms with Gasteiger partial charge in [-0.05, 0) is 133 Å². The third-order valence-corrected chi connectivity index (χ3v) is 14.6. The molecule has 0 saturated heterocycles. The van der Waals surface area contributed by atoms with Crippen LogP contribution in [0.3, 0.4) is 0 Å². The molecule has 4 nitrogen and oxygen atoms in total. The maximum Gasteiger partial charge on any atom is 0.128 e. The molecule has 0 fully saturated rings. The Morgan fingerprint density at radius 3 is 0.844 bits per heavy atom. The molecule has 0 saturated carbocycles. The number of aryl methyl sites for hydroxylation is 4. The summed E-state index contributed by atoms with van der Waals surface area (Å²) in [5.74, 6) is 3.05. The molecule has 0 atom stereocenters. The number of halogens is 4. The lowest BCUT2D eigenvalue weighted by Crippen LogP contribution is -2.22. The lowest BCUT2D eigenvalue weighted by atomic mass is 10.2. The average Bonchev–Trinajstić information content (AvgIpc) is 3.02. The highest BCUT2D eigenvalue weighted by molar-refractivity contribution is 7.74. The van der Waals surface area contributed by atoms with Crippen molar-refractivity contribution < 1.29 is 18.9 Å². The van der Waals surface area contributed by atoms with Gasteiger partial charge in [-0.1, -0.05) is 46.4 Å². The first-order chi connectivity index (χ1) is 21.4. The molecule has 4 aromatic carbocycles. The van der Waals surface area contributed by atoms with Crippen LogP contribution in [0.1, 0.15) is 28.7 Å². The Labute approximate surface area is 289 Å². The quantitative estimate of drug-likeness (QED) is 0.136. The minimum absolute atomic E-state index is 0.670. The molecule has 0 heterocycles. The topological polar surface area (TPSA) is 36.9 Å². The number of methoxy groups -OCH3 is 4. The summed E-state index contributed by atoms with van der Waals surface area (Å²) >= 11 is 26.2. The number of hydrogen-bond acceptors (Lipinski definition) is 4. The zero-order valence-electron chi connectivity index (χ0n) is 26.8. The molecule has 0 aliphatic rings. The average molecular weight is 726 g/mol. The number of benzene rings is 4. The van der Waals surface area contributed by atoms with E-state index in [1.807, 2.05) is 52.0 Å². The van der Waals surface area contributed by atoms with Crippen molar-refractivity contribution in [3.8, 4) is 23.0 Å². The van der Waals surface area contributed by atoms with E-state index in [1.165, 1.54) is 0 Å². The van der Waals surface area contributed by atoms with E-state index in [9.17, 15) is 0 Å². The van der Waals surface area contributed by atoms with Gasteiger partial charge >= 0.3 is 0 Å². The van der Waals surface area contributed by atoms with E-state index < -0.39 is 15.8 Å². The highest BCUT2D eigenvalue weighted by Gasteiger charge is 2.27. The molecule has 4 rings (SSSR count). The van der Waals surface area contributed by atoms with Crippen molar-refractivity contribution in [2.45, 2.75) is 34.1 Å². The van der Waals surface area contributed by atoms with E-state index >= 15 is 0 Å². The highest BCUT2D eigenvalue weighted by Crippen LogP contribution is 2.47. The summed E-state index contributed by atoms with van der Waals surface area (Å²) in [5, 5.41) is 7.12. The van der Waals surface area contributed by atoms with Crippen molar-refractivity contribution in [1.29, 1.82) is 0 Å². The van der Waals surface area contributed by atoms with Gasteiger partial charge in [0.1, 0.15) is 23.0 Å². The van der Waals surface area contributed by atoms with E-state index in [1.54, 1.807) is 28.4 Å². The molecular formula is C35H38Cl4O4P2. The van der Waals surface area contributed by atoms with Gasteiger partial charge in [0.25, 0.3) is 0 Å². The maximum atomic E-state index is 6.55. The molecular weight excluding hydrogens is 688 g/mol. The lowest BCUT2D eigenvalue weighted by molar-refractivity contribution is 0.417. The molecule has 0 aliphatic heterocycles. The van der Waals surface area contributed by atoms with Crippen LogP contribution in [0.4, 0.5) is 0 Å². The zero-order chi connectivity index (χ0) is 33.0. The molecule has 0 unspecified atom stereocenters. The van der Waals surface area contributed by atoms with Crippen LogP contribution in [0.15, 0.2) is 48.5 Å². The monoisotopic (exact) mass is 724 g/mol. The van der Waals surface area contributed by atoms with Crippen LogP contribution in [0.2, 0.25) is 20.1 Å². The Balaban J connectivity index is 1.85. The van der Waals surface area contributed by atoms with Gasteiger partial charge < -0.3 is 18.9 Å². The van der Waals surface area contributed by atoms with Crippen LogP contribution < -0.4 is 40.2 Å². The van der Waals surface area contributed by atoms with E-state index in [2.05, 4.69) is 24.3 Å². The van der Waals surface area contributed by atoms with Gasteiger partial charge in [0.05, 0.1) is 28.4 Å². The van der Waals surface area contributed by atoms with E-state index in [0.717, 1.165) is 85.2 Å². The first-order valence-electron chi connectivity index (χ1n) is 14.4. The maximum absolute atomic E-state index is 6.55. The second-order valence-corrected chi connectivity index (χ2v) is 16.9. The lowest BCUT2D eigenvalue weighted by Gasteiger charge is -2.27. The minimum Gasteiger partial charge on any atom is -0.496 e. The fraction of sp³-hybridized carbons (Fsp3) is 0.314. The summed E-state index contributed by atoms with van der Waals surface area (Å²) in [6, 6.07) is 16.2. The normalized spacial score (nSPS) is 11.3. The number of ether oxygens (including phenoxy) is 4. The SMILES string of the molecule is COc1cc(Cl)c(C)cc1P(CCCP(c1cc(C)c(Cl)cc1OC)c1cc(C)c(Cl)cc1OC)c1cc(C)c(Cl)cc1OC. The molecule has 240 valence electrons. The molecule has 45 heavy (non-hydrogen) atoms. The summed E-state index contributed by atoms with van der Waals surface area (Å²) in [6.07, 6.45) is 2.63. The van der Waals surface area contributed by atoms with Crippen LogP contribution >= 0.6 is 62.2 Å². The fourth-order valence-corrected chi connectivity index (χ4v) is 11.6. The molecule has 0 N–H and O–H groups in total. The summed E-state index contributed by atoms with van der Waals surface area (Å²) in [7, 11) is 4.87. The van der Waals surface area contributed by atoms with Gasteiger partial charge in [0.2, 0.25) is 0 Å². The molecule has 0 amide bonds. The Kier molecular flexibility index (Phi) is 12.6. The van der Waals surface area contributed by atoms with E-state index in [0.29, 0.717) is 20.1 Å². The van der Waals surface area contributed by atoms with Crippen molar-refractivity contribution in [2.75, 3.05) is 40.8 Å². The molecule has 0 bridgehead atoms. The molecule has 0 spiro atoms. The first-order valence-corrected chi connectivity index (χ1v) is 18.9. The molecule has 0 aromatic heterocycles. The Morgan fingerprint density at radius 2 is 0.644 bits per heavy atom. The van der Waals surface area contributed by atoms with Crippen LogP contribution in [0.25, 0.3) is 0 Å². The summed E-state index contributed by atoms with van der Waals surface area (Å²) in [6.45, 7) is 8.08. The Bertz CT molecular complexity index is 1450. The highest BCUT2D eigenvalue weighted by atomic mass is 35.5. The van der Waals surface area contributed by atoms with Crippen LogP contribution in [0, 0.1) is 27.7 Å². The molecule has 10 heteroatoms. The largest absolute Gasteiger partial charge is 0.496 e. The van der Waals surface area contributed by atoms with Gasteiger partial charge in [-0.15, -0.1) is 0 Å². The predicted molar refractivity (Wildman–Crippen MR) is 198 cm³/mol. The van der Waals surface area contributed by atoms with Gasteiger partial charge in [0, 0.05) is 41.3 Å². The smallest absolute Gasteiger partial charge is 0.128 e. The molecule has 0 aliphatic carbocycles. The van der Waals surface area contributed by atoms with E-state index in [-0.39, 0.29) is 0 Å². The van der Waals surface area contributed by atoms with Crippen LogP contribution in [-0.2, 0) is 0 Å². The predicted octanol–water partition coefficient (Wildman–Crippen LogP) is 9.52. The van der Waals surface area contributed by atoms with Crippen LogP contribution in [0.5, 0.6) is 23.0 Å². The van der Waals surface area contributed by atoms with Crippen molar-refractivity contribution in [2.24, 2.45) is 0 Å². The third kappa shape index (κ3) is 7.98. The van der Waals surface area contributed by atoms with Crippen molar-refractivity contribution in [3.05, 3.63) is 90.9 Å². The fourth-order valence-electron chi connectivity index (χ4n) is 5.22. The number of rotatable bonds is 12. The molecule has 0 radical (unpaired) electrons. The first kappa shape index (κ1) is 35.9. The Morgan fingerprint density at radius 1 is 0.422 bits per heavy atom. The molecule has 4 aromatic rings. The Hall–Kier alpha value is -1.90. The van der Waals surface area contributed by atoms with Gasteiger partial charge in [-0.25, -0.2) is 0 Å². The summed E-state index contributed by atoms with van der Waals surface area (Å²) < 4.78 is 23.6. The third-order valence-electron chi connectivity index (χ3n) is 7.77. The van der Waals surface area contributed by atoms with Gasteiger partial charge in [0.15, 0.2) is 0 Å². The van der Waals surface area contributed by atoms with Crippen molar-refractivity contribution in [3.63, 3.8) is 0 Å². The summed E-state index contributed by atoms with van der Waals surface area (Å²) in [5.41, 5.74) is 3.98. The van der Waals surface area contributed by atoms with Gasteiger partial charge in [-0.3, -0.25) is 0 Å². The van der Waals surface area contributed by atoms with E-state index in [4.69, 9.17) is 65.4 Å². The standard InChI is InChI=1S/C35H38Cl4O4P2/c1-20-12-32(28(40-5)16-24(20)36)44(33-13-21(2)25(37)17-29(33)41-6)10-9-11-45(34-14-22(3)26(38)18-30(34)42-7)35-15-23(4)27(39)19-31(35)43-8/h12-19H,9-11H2,1-8H3. The van der Waals surface area contributed by atoms with Crippen molar-refractivity contribution >= 4 is 83.5 Å². The zero-order valence-corrected chi connectivity index (χ0v) is 31.6. The second kappa shape index (κ2) is 15.8. The van der Waals surface area contributed by atoms with Crippen molar-refractivity contribution in [1.82, 2.24) is 0 Å². The van der Waals surface area contributed by atoms with Crippen LogP contribution in [-0.4, -0.2) is 40.8 Å². The second-order valence-electron chi connectivity index (χ2n) is 10.7. The minimum atomic E-state index is -0.937.